The lowest BCUT2D eigenvalue weighted by Gasteiger charge is -2.46. The molecular formula is C15H28N6. The Morgan fingerprint density at radius 3 is 2.43 bits per heavy atom. The summed E-state index contributed by atoms with van der Waals surface area (Å²) in [6, 6.07) is 0. The largest absolute Gasteiger partial charge is 0.353 e. The van der Waals surface area contributed by atoms with E-state index in [2.05, 4.69) is 55.0 Å². The van der Waals surface area contributed by atoms with Crippen LogP contribution in [0.3, 0.4) is 0 Å². The number of nitrogen functional groups attached to an aromatic ring is 1. The molecule has 0 aromatic carbocycles. The van der Waals surface area contributed by atoms with E-state index in [1.54, 1.807) is 0 Å². The van der Waals surface area contributed by atoms with Crippen molar-refractivity contribution in [1.82, 2.24) is 14.9 Å². The van der Waals surface area contributed by atoms with E-state index in [1.165, 1.54) is 0 Å². The molecule has 1 aromatic rings. The Kier molecular flexibility index (Phi) is 4.39. The Morgan fingerprint density at radius 1 is 1.24 bits per heavy atom. The summed E-state index contributed by atoms with van der Waals surface area (Å²) in [5, 5.41) is 0. The van der Waals surface area contributed by atoms with E-state index in [4.69, 9.17) is 10.8 Å². The maximum Gasteiger partial charge on any atom is 0.148 e. The summed E-state index contributed by atoms with van der Waals surface area (Å²) in [4.78, 5) is 14.1. The summed E-state index contributed by atoms with van der Waals surface area (Å²) in [7, 11) is 2.18. The standard InChI is InChI=1S/C15H28N6/c1-10(2)12-17-13(19-16)11(3)14(18-12)21-8-7-20(6)15(4,5)9-21/h10H,7-9,16H2,1-6H3,(H,17,18,19). The smallest absolute Gasteiger partial charge is 0.148 e. The second-order valence-corrected chi connectivity index (χ2v) is 6.83. The lowest BCUT2D eigenvalue weighted by Crippen LogP contribution is -2.58. The Balaban J connectivity index is 2.41. The van der Waals surface area contributed by atoms with Crippen molar-refractivity contribution in [2.45, 2.75) is 46.1 Å². The van der Waals surface area contributed by atoms with Crippen LogP contribution in [0, 0.1) is 6.92 Å². The van der Waals surface area contributed by atoms with Crippen LogP contribution in [0.15, 0.2) is 0 Å². The van der Waals surface area contributed by atoms with Crippen molar-refractivity contribution in [2.75, 3.05) is 37.0 Å². The molecule has 1 fully saturated rings. The van der Waals surface area contributed by atoms with Crippen LogP contribution in [0.4, 0.5) is 11.6 Å². The van der Waals surface area contributed by atoms with Gasteiger partial charge in [-0.3, -0.25) is 4.90 Å². The molecule has 0 bridgehead atoms. The zero-order valence-corrected chi connectivity index (χ0v) is 14.1. The first-order valence-corrected chi connectivity index (χ1v) is 7.57. The predicted octanol–water partition coefficient (Wildman–Crippen LogP) is 1.72. The molecule has 0 saturated carbocycles. The van der Waals surface area contributed by atoms with Crippen LogP contribution in [0.25, 0.3) is 0 Å². The minimum Gasteiger partial charge on any atom is -0.353 e. The molecule has 0 amide bonds. The third-order valence-corrected chi connectivity index (χ3v) is 4.41. The Bertz CT molecular complexity index is 511. The Hall–Kier alpha value is -1.40. The molecule has 1 saturated heterocycles. The fraction of sp³-hybridized carbons (Fsp3) is 0.733. The number of aromatic nitrogens is 2. The zero-order valence-electron chi connectivity index (χ0n) is 14.1. The number of piperazine rings is 1. The van der Waals surface area contributed by atoms with E-state index < -0.39 is 0 Å². The first-order valence-electron chi connectivity index (χ1n) is 7.57. The molecule has 2 rings (SSSR count). The second kappa shape index (κ2) is 5.77. The van der Waals surface area contributed by atoms with Crippen LogP contribution in [0.2, 0.25) is 0 Å². The lowest BCUT2D eigenvalue weighted by atomic mass is 9.99. The van der Waals surface area contributed by atoms with E-state index in [0.717, 1.165) is 42.7 Å². The monoisotopic (exact) mass is 292 g/mol. The highest BCUT2D eigenvalue weighted by molar-refractivity contribution is 5.58. The number of hydrogen-bond acceptors (Lipinski definition) is 6. The van der Waals surface area contributed by atoms with Crippen molar-refractivity contribution in [3.8, 4) is 0 Å². The molecule has 0 spiro atoms. The van der Waals surface area contributed by atoms with E-state index in [9.17, 15) is 0 Å². The first kappa shape index (κ1) is 16.0. The van der Waals surface area contributed by atoms with Gasteiger partial charge in [0.15, 0.2) is 0 Å². The van der Waals surface area contributed by atoms with E-state index >= 15 is 0 Å². The van der Waals surface area contributed by atoms with Crippen molar-refractivity contribution in [1.29, 1.82) is 0 Å². The molecule has 1 aliphatic rings. The van der Waals surface area contributed by atoms with Crippen molar-refractivity contribution >= 4 is 11.6 Å². The Labute approximate surface area is 127 Å². The lowest BCUT2D eigenvalue weighted by molar-refractivity contribution is 0.138. The second-order valence-electron chi connectivity index (χ2n) is 6.83. The third-order valence-electron chi connectivity index (χ3n) is 4.41. The normalized spacial score (nSPS) is 19.1. The van der Waals surface area contributed by atoms with Gasteiger partial charge in [-0.05, 0) is 27.8 Å². The van der Waals surface area contributed by atoms with E-state index in [-0.39, 0.29) is 11.5 Å². The van der Waals surface area contributed by atoms with Gasteiger partial charge in [0, 0.05) is 36.7 Å². The van der Waals surface area contributed by atoms with Gasteiger partial charge >= 0.3 is 0 Å². The molecule has 21 heavy (non-hydrogen) atoms. The van der Waals surface area contributed by atoms with Crippen LogP contribution in [-0.2, 0) is 0 Å². The quantitative estimate of drug-likeness (QED) is 0.653. The number of hydrazine groups is 1. The number of anilines is 2. The van der Waals surface area contributed by atoms with E-state index in [1.807, 2.05) is 6.92 Å². The molecule has 1 aliphatic heterocycles. The zero-order chi connectivity index (χ0) is 15.8. The minimum atomic E-state index is 0.129. The maximum absolute atomic E-state index is 5.63. The van der Waals surface area contributed by atoms with Crippen LogP contribution in [0.1, 0.15) is 45.0 Å². The molecule has 0 radical (unpaired) electrons. The van der Waals surface area contributed by atoms with Gasteiger partial charge < -0.3 is 10.3 Å². The van der Waals surface area contributed by atoms with Gasteiger partial charge in [-0.1, -0.05) is 13.8 Å². The van der Waals surface area contributed by atoms with Gasteiger partial charge in [-0.15, -0.1) is 0 Å². The van der Waals surface area contributed by atoms with Crippen molar-refractivity contribution in [3.63, 3.8) is 0 Å². The average molecular weight is 292 g/mol. The molecule has 6 heteroatoms. The molecule has 0 unspecified atom stereocenters. The molecule has 0 atom stereocenters. The number of hydrogen-bond donors (Lipinski definition) is 2. The van der Waals surface area contributed by atoms with Gasteiger partial charge in [0.05, 0.1) is 0 Å². The summed E-state index contributed by atoms with van der Waals surface area (Å²) in [6.45, 7) is 13.7. The molecule has 118 valence electrons. The maximum atomic E-state index is 5.63. The SMILES string of the molecule is Cc1c(NN)nc(C(C)C)nc1N1CCN(C)C(C)(C)C1. The highest BCUT2D eigenvalue weighted by Crippen LogP contribution is 2.29. The van der Waals surface area contributed by atoms with Crippen molar-refractivity contribution < 1.29 is 0 Å². The topological polar surface area (TPSA) is 70.3 Å². The molecule has 2 heterocycles. The minimum absolute atomic E-state index is 0.129. The van der Waals surface area contributed by atoms with Crippen LogP contribution in [0.5, 0.6) is 0 Å². The van der Waals surface area contributed by atoms with Gasteiger partial charge in [0.25, 0.3) is 0 Å². The van der Waals surface area contributed by atoms with Gasteiger partial charge in [-0.2, -0.15) is 0 Å². The molecule has 3 N–H and O–H groups in total. The summed E-state index contributed by atoms with van der Waals surface area (Å²) in [5.74, 6) is 8.46. The number of rotatable bonds is 3. The third kappa shape index (κ3) is 3.11. The molecular weight excluding hydrogens is 264 g/mol. The molecule has 0 aliphatic carbocycles. The van der Waals surface area contributed by atoms with Crippen molar-refractivity contribution in [3.05, 3.63) is 11.4 Å². The van der Waals surface area contributed by atoms with E-state index in [0.29, 0.717) is 0 Å². The summed E-state index contributed by atoms with van der Waals surface area (Å²) >= 11 is 0. The predicted molar refractivity (Wildman–Crippen MR) is 87.6 cm³/mol. The highest BCUT2D eigenvalue weighted by Gasteiger charge is 2.32. The average Bonchev–Trinajstić information content (AvgIpc) is 2.42. The molecule has 1 aromatic heterocycles. The van der Waals surface area contributed by atoms with Gasteiger partial charge in [-0.25, -0.2) is 15.8 Å². The van der Waals surface area contributed by atoms with Crippen LogP contribution >= 0.6 is 0 Å². The number of nitrogens with two attached hydrogens (primary N) is 1. The number of likely N-dealkylation sites (N-methyl/N-ethyl adjacent to an activating group) is 1. The summed E-state index contributed by atoms with van der Waals surface area (Å²) in [6.07, 6.45) is 0. The van der Waals surface area contributed by atoms with Crippen LogP contribution in [-0.4, -0.2) is 47.1 Å². The van der Waals surface area contributed by atoms with Gasteiger partial charge in [0.1, 0.15) is 17.5 Å². The number of nitrogens with zero attached hydrogens (tertiary/aromatic N) is 4. The highest BCUT2D eigenvalue weighted by atomic mass is 15.3. The molecule has 6 nitrogen and oxygen atoms in total. The summed E-state index contributed by atoms with van der Waals surface area (Å²) < 4.78 is 0. The van der Waals surface area contributed by atoms with Crippen molar-refractivity contribution in [2.24, 2.45) is 5.84 Å². The Morgan fingerprint density at radius 2 is 1.90 bits per heavy atom. The fourth-order valence-corrected chi connectivity index (χ4v) is 2.65. The fourth-order valence-electron chi connectivity index (χ4n) is 2.65. The van der Waals surface area contributed by atoms with Gasteiger partial charge in [0.2, 0.25) is 0 Å². The first-order chi connectivity index (χ1) is 9.76. The number of nitrogens with one attached hydrogen (secondary N) is 1. The summed E-state index contributed by atoms with van der Waals surface area (Å²) in [5.41, 5.74) is 3.86. The van der Waals surface area contributed by atoms with Crippen LogP contribution < -0.4 is 16.2 Å².